The predicted molar refractivity (Wildman–Crippen MR) is 96.4 cm³/mol. The molecule has 0 aliphatic heterocycles. The highest BCUT2D eigenvalue weighted by molar-refractivity contribution is 5.94. The molecule has 2 aromatic carbocycles. The third-order valence-corrected chi connectivity index (χ3v) is 5.05. The van der Waals surface area contributed by atoms with Gasteiger partial charge in [0.2, 0.25) is 0 Å². The van der Waals surface area contributed by atoms with Gasteiger partial charge in [-0.2, -0.15) is 5.26 Å². The Kier molecular flexibility index (Phi) is 5.04. The van der Waals surface area contributed by atoms with E-state index in [0.717, 1.165) is 37.0 Å². The molecular weight excluding hydrogens is 312 g/mol. The Morgan fingerprint density at radius 1 is 1.16 bits per heavy atom. The summed E-state index contributed by atoms with van der Waals surface area (Å²) in [5.41, 5.74) is 1.18. The average Bonchev–Trinajstić information content (AvgIpc) is 2.69. The fraction of sp³-hybridized carbons (Fsp3) is 0.333. The van der Waals surface area contributed by atoms with Crippen molar-refractivity contribution in [2.24, 2.45) is 0 Å². The van der Waals surface area contributed by atoms with Gasteiger partial charge in [-0.15, -0.1) is 0 Å². The van der Waals surface area contributed by atoms with E-state index in [-0.39, 0.29) is 11.9 Å². The lowest BCUT2D eigenvalue weighted by molar-refractivity contribution is 0.0922. The number of methoxy groups -OCH3 is 1. The van der Waals surface area contributed by atoms with Crippen molar-refractivity contribution in [1.29, 1.82) is 5.26 Å². The summed E-state index contributed by atoms with van der Waals surface area (Å²) < 4.78 is 5.29. The maximum atomic E-state index is 12.3. The van der Waals surface area contributed by atoms with Crippen LogP contribution < -0.4 is 10.1 Å². The van der Waals surface area contributed by atoms with Crippen LogP contribution in [-0.2, 0) is 5.41 Å². The predicted octanol–water partition coefficient (Wildman–Crippen LogP) is 3.83. The van der Waals surface area contributed by atoms with Crippen LogP contribution in [0.15, 0.2) is 54.6 Å². The van der Waals surface area contributed by atoms with Gasteiger partial charge in [-0.3, -0.25) is 4.79 Å². The molecule has 25 heavy (non-hydrogen) atoms. The van der Waals surface area contributed by atoms with Gasteiger partial charge >= 0.3 is 0 Å². The summed E-state index contributed by atoms with van der Waals surface area (Å²) in [6.45, 7) is 0. The number of nitrogens with one attached hydrogen (secondary N) is 1. The minimum absolute atomic E-state index is 0.0450. The number of ether oxygens (including phenoxy) is 1. The van der Waals surface area contributed by atoms with Crippen molar-refractivity contribution in [3.63, 3.8) is 0 Å². The average molecular weight is 334 g/mol. The van der Waals surface area contributed by atoms with Crippen molar-refractivity contribution < 1.29 is 9.53 Å². The highest BCUT2D eigenvalue weighted by atomic mass is 16.5. The molecule has 0 unspecified atom stereocenters. The second kappa shape index (κ2) is 7.40. The van der Waals surface area contributed by atoms with Gasteiger partial charge in [-0.05, 0) is 55.5 Å². The lowest BCUT2D eigenvalue weighted by Crippen LogP contribution is -2.41. The molecular formula is C21H22N2O2. The highest BCUT2D eigenvalue weighted by Gasteiger charge is 2.37. The molecule has 128 valence electrons. The second-order valence-electron chi connectivity index (χ2n) is 6.54. The summed E-state index contributed by atoms with van der Waals surface area (Å²) >= 11 is 0. The summed E-state index contributed by atoms with van der Waals surface area (Å²) in [5.74, 6) is 0.725. The van der Waals surface area contributed by atoms with Gasteiger partial charge in [-0.1, -0.05) is 30.3 Å². The third-order valence-electron chi connectivity index (χ3n) is 5.05. The van der Waals surface area contributed by atoms with E-state index in [2.05, 4.69) is 11.4 Å². The van der Waals surface area contributed by atoms with Crippen LogP contribution in [0.2, 0.25) is 0 Å². The van der Waals surface area contributed by atoms with Crippen LogP contribution in [0.25, 0.3) is 0 Å². The van der Waals surface area contributed by atoms with Crippen LogP contribution in [0.5, 0.6) is 5.75 Å². The molecule has 1 amide bonds. The molecule has 0 heterocycles. The first-order valence-corrected chi connectivity index (χ1v) is 8.58. The van der Waals surface area contributed by atoms with Crippen molar-refractivity contribution in [3.8, 4) is 11.8 Å². The number of benzene rings is 2. The van der Waals surface area contributed by atoms with E-state index >= 15 is 0 Å². The molecule has 0 radical (unpaired) electrons. The summed E-state index contributed by atoms with van der Waals surface area (Å²) in [5, 5.41) is 12.9. The van der Waals surface area contributed by atoms with E-state index < -0.39 is 5.41 Å². The second-order valence-corrected chi connectivity index (χ2v) is 6.54. The van der Waals surface area contributed by atoms with Crippen molar-refractivity contribution >= 4 is 5.91 Å². The maximum absolute atomic E-state index is 12.3. The van der Waals surface area contributed by atoms with Gasteiger partial charge in [-0.25, -0.2) is 0 Å². The third kappa shape index (κ3) is 3.66. The molecule has 1 aliphatic carbocycles. The van der Waals surface area contributed by atoms with Gasteiger partial charge in [0.1, 0.15) is 5.75 Å². The van der Waals surface area contributed by atoms with Gasteiger partial charge in [0.05, 0.1) is 18.6 Å². The van der Waals surface area contributed by atoms with E-state index in [0.29, 0.717) is 5.56 Å². The van der Waals surface area contributed by atoms with E-state index in [1.807, 2.05) is 54.6 Å². The number of hydrogen-bond donors (Lipinski definition) is 1. The van der Waals surface area contributed by atoms with Crippen LogP contribution in [0.4, 0.5) is 0 Å². The molecule has 1 N–H and O–H groups in total. The number of carbonyl (C=O) groups excluding carboxylic acids is 1. The van der Waals surface area contributed by atoms with Crippen molar-refractivity contribution in [1.82, 2.24) is 5.32 Å². The first kappa shape index (κ1) is 17.0. The van der Waals surface area contributed by atoms with Crippen molar-refractivity contribution in [2.45, 2.75) is 37.1 Å². The van der Waals surface area contributed by atoms with Crippen molar-refractivity contribution in [2.75, 3.05) is 7.11 Å². The molecule has 3 rings (SSSR count). The molecule has 0 bridgehead atoms. The normalized spacial score (nSPS) is 22.6. The Balaban J connectivity index is 1.67. The minimum Gasteiger partial charge on any atom is -0.497 e. The zero-order valence-electron chi connectivity index (χ0n) is 14.4. The van der Waals surface area contributed by atoms with Crippen LogP contribution in [0, 0.1) is 11.3 Å². The molecule has 1 saturated carbocycles. The van der Waals surface area contributed by atoms with E-state index in [4.69, 9.17) is 4.74 Å². The monoisotopic (exact) mass is 334 g/mol. The molecule has 0 atom stereocenters. The van der Waals surface area contributed by atoms with Gasteiger partial charge in [0, 0.05) is 11.6 Å². The lowest BCUT2D eigenvalue weighted by Gasteiger charge is -2.35. The van der Waals surface area contributed by atoms with Gasteiger partial charge < -0.3 is 10.1 Å². The van der Waals surface area contributed by atoms with Crippen molar-refractivity contribution in [3.05, 3.63) is 65.7 Å². The molecule has 4 heteroatoms. The van der Waals surface area contributed by atoms with E-state index in [1.165, 1.54) is 0 Å². The molecule has 1 fully saturated rings. The highest BCUT2D eigenvalue weighted by Crippen LogP contribution is 2.40. The van der Waals surface area contributed by atoms with E-state index in [9.17, 15) is 10.1 Å². The first-order chi connectivity index (χ1) is 12.2. The van der Waals surface area contributed by atoms with Crippen LogP contribution in [0.1, 0.15) is 41.6 Å². The summed E-state index contributed by atoms with van der Waals surface area (Å²) in [6.07, 6.45) is 3.06. The number of carbonyl (C=O) groups is 1. The molecule has 0 aromatic heterocycles. The summed E-state index contributed by atoms with van der Waals surface area (Å²) in [6, 6.07) is 19.6. The number of nitrogens with zero attached hydrogens (tertiary/aromatic N) is 1. The SMILES string of the molecule is COc1cccc([C@]2(C#N)CC[C@H](NC(=O)c3ccccc3)CC2)c1. The quantitative estimate of drug-likeness (QED) is 0.924. The Labute approximate surface area is 148 Å². The fourth-order valence-corrected chi connectivity index (χ4v) is 3.50. The molecule has 1 aliphatic rings. The Bertz CT molecular complexity index is 772. The Morgan fingerprint density at radius 2 is 1.88 bits per heavy atom. The fourth-order valence-electron chi connectivity index (χ4n) is 3.50. The number of amides is 1. The van der Waals surface area contributed by atoms with Crippen LogP contribution in [0.3, 0.4) is 0 Å². The minimum atomic E-state index is -0.498. The first-order valence-electron chi connectivity index (χ1n) is 8.58. The smallest absolute Gasteiger partial charge is 0.251 e. The number of hydrogen-bond acceptors (Lipinski definition) is 3. The molecule has 0 saturated heterocycles. The Hall–Kier alpha value is -2.80. The zero-order chi connectivity index (χ0) is 17.7. The maximum Gasteiger partial charge on any atom is 0.251 e. The molecule has 2 aromatic rings. The van der Waals surface area contributed by atoms with Gasteiger partial charge in [0.15, 0.2) is 0 Å². The number of nitriles is 1. The van der Waals surface area contributed by atoms with E-state index in [1.54, 1.807) is 7.11 Å². The Morgan fingerprint density at radius 3 is 2.52 bits per heavy atom. The van der Waals surface area contributed by atoms with Crippen LogP contribution >= 0.6 is 0 Å². The standard InChI is InChI=1S/C21H22N2O2/c1-25-19-9-5-8-17(14-19)21(15-22)12-10-18(11-13-21)23-20(24)16-6-3-2-4-7-16/h2-9,14,18H,10-13H2,1H3,(H,23,24)/t18-,21+. The largest absolute Gasteiger partial charge is 0.497 e. The molecule has 0 spiro atoms. The van der Waals surface area contributed by atoms with Crippen LogP contribution in [-0.4, -0.2) is 19.1 Å². The molecule has 4 nitrogen and oxygen atoms in total. The number of rotatable bonds is 4. The summed E-state index contributed by atoms with van der Waals surface area (Å²) in [4.78, 5) is 12.3. The lowest BCUT2D eigenvalue weighted by atomic mass is 9.69. The summed E-state index contributed by atoms with van der Waals surface area (Å²) in [7, 11) is 1.63. The van der Waals surface area contributed by atoms with Gasteiger partial charge in [0.25, 0.3) is 5.91 Å². The topological polar surface area (TPSA) is 62.1 Å². The zero-order valence-corrected chi connectivity index (χ0v) is 14.4.